The summed E-state index contributed by atoms with van der Waals surface area (Å²) in [5.41, 5.74) is 0. The first-order chi connectivity index (χ1) is 9.43. The third-order valence-electron chi connectivity index (χ3n) is 2.43. The molecule has 0 aliphatic rings. The monoisotopic (exact) mass is 303 g/mol. The molecule has 5 nitrogen and oxygen atoms in total. The van der Waals surface area contributed by atoms with Gasteiger partial charge >= 0.3 is 5.97 Å². The largest absolute Gasteiger partial charge is 0.484 e. The number of carboxylic acid groups (broad SMARTS) is 1. The maximum Gasteiger partial charge on any atom is 0.323 e. The summed E-state index contributed by atoms with van der Waals surface area (Å²) in [5.74, 6) is -1.87. The topological polar surface area (TPSA) is 66.8 Å². The number of rotatable bonds is 7. The fourth-order valence-corrected chi connectivity index (χ4v) is 1.70. The van der Waals surface area contributed by atoms with Gasteiger partial charge in [0.05, 0.1) is 5.02 Å². The number of aliphatic carboxylic acids is 1. The van der Waals surface area contributed by atoms with E-state index in [4.69, 9.17) is 21.4 Å². The lowest BCUT2D eigenvalue weighted by Crippen LogP contribution is -2.39. The second kappa shape index (κ2) is 7.69. The van der Waals surface area contributed by atoms with Crippen LogP contribution < -0.4 is 4.74 Å². The lowest BCUT2D eigenvalue weighted by molar-refractivity contribution is -0.145. The molecule has 0 bridgehead atoms. The first-order valence-corrected chi connectivity index (χ1v) is 6.39. The Morgan fingerprint density at radius 2 is 2.15 bits per heavy atom. The smallest absolute Gasteiger partial charge is 0.323 e. The molecule has 0 fully saturated rings. The molecule has 7 heteroatoms. The first-order valence-electron chi connectivity index (χ1n) is 6.01. The Labute approximate surface area is 120 Å². The molecule has 1 aromatic rings. The van der Waals surface area contributed by atoms with Gasteiger partial charge in [-0.2, -0.15) is 0 Å². The van der Waals surface area contributed by atoms with Gasteiger partial charge in [0.25, 0.3) is 5.91 Å². The van der Waals surface area contributed by atoms with Crippen molar-refractivity contribution in [2.45, 2.75) is 13.3 Å². The second-order valence-corrected chi connectivity index (χ2v) is 4.48. The molecule has 0 spiro atoms. The standard InChI is InChI=1S/C13H15ClFNO4/c1-2-5-16(7-13(18)19)12(17)8-20-9-3-4-11(15)10(14)6-9/h3-4,6H,2,5,7-8H2,1H3,(H,18,19). The van der Waals surface area contributed by atoms with E-state index in [0.29, 0.717) is 13.0 Å². The SMILES string of the molecule is CCCN(CC(=O)O)C(=O)COc1ccc(F)c(Cl)c1. The summed E-state index contributed by atoms with van der Waals surface area (Å²) in [6.07, 6.45) is 0.640. The lowest BCUT2D eigenvalue weighted by atomic mass is 10.3. The molecular weight excluding hydrogens is 289 g/mol. The van der Waals surface area contributed by atoms with Crippen LogP contribution in [0.15, 0.2) is 18.2 Å². The quantitative estimate of drug-likeness (QED) is 0.838. The Morgan fingerprint density at radius 1 is 1.45 bits per heavy atom. The van der Waals surface area contributed by atoms with Gasteiger partial charge in [-0.25, -0.2) is 4.39 Å². The van der Waals surface area contributed by atoms with E-state index in [1.54, 1.807) is 0 Å². The Kier molecular flexibility index (Phi) is 6.24. The molecule has 110 valence electrons. The maximum atomic E-state index is 12.9. The maximum absolute atomic E-state index is 12.9. The van der Waals surface area contributed by atoms with Crippen LogP contribution in [0.5, 0.6) is 5.75 Å². The van der Waals surface area contributed by atoms with Gasteiger partial charge in [0.2, 0.25) is 0 Å². The van der Waals surface area contributed by atoms with Crippen molar-refractivity contribution in [1.29, 1.82) is 0 Å². The van der Waals surface area contributed by atoms with E-state index >= 15 is 0 Å². The number of halogens is 2. The number of amides is 1. The number of carboxylic acids is 1. The summed E-state index contributed by atoms with van der Waals surface area (Å²) < 4.78 is 18.1. The van der Waals surface area contributed by atoms with Gasteiger partial charge in [0.15, 0.2) is 6.61 Å². The minimum absolute atomic E-state index is 0.106. The van der Waals surface area contributed by atoms with Crippen LogP contribution in [-0.2, 0) is 9.59 Å². The fraction of sp³-hybridized carbons (Fsp3) is 0.385. The van der Waals surface area contributed by atoms with Crippen molar-refractivity contribution < 1.29 is 23.8 Å². The van der Waals surface area contributed by atoms with Crippen LogP contribution in [0.1, 0.15) is 13.3 Å². The second-order valence-electron chi connectivity index (χ2n) is 4.07. The van der Waals surface area contributed by atoms with Crippen molar-refractivity contribution in [1.82, 2.24) is 4.90 Å². The van der Waals surface area contributed by atoms with E-state index in [-0.39, 0.29) is 23.9 Å². The molecule has 0 saturated carbocycles. The molecular formula is C13H15ClFNO4. The van der Waals surface area contributed by atoms with E-state index in [1.165, 1.54) is 17.0 Å². The van der Waals surface area contributed by atoms with Gasteiger partial charge in [-0.1, -0.05) is 18.5 Å². The van der Waals surface area contributed by atoms with Crippen LogP contribution in [0.3, 0.4) is 0 Å². The minimum atomic E-state index is -1.09. The summed E-state index contributed by atoms with van der Waals surface area (Å²) in [6, 6.07) is 3.73. The molecule has 0 radical (unpaired) electrons. The molecule has 0 aliphatic heterocycles. The summed E-state index contributed by atoms with van der Waals surface area (Å²) >= 11 is 5.58. The van der Waals surface area contributed by atoms with Crippen molar-refractivity contribution in [3.8, 4) is 5.75 Å². The molecule has 1 N–H and O–H groups in total. The van der Waals surface area contributed by atoms with Crippen molar-refractivity contribution >= 4 is 23.5 Å². The van der Waals surface area contributed by atoms with E-state index in [9.17, 15) is 14.0 Å². The first kappa shape index (κ1) is 16.2. The molecule has 0 heterocycles. The zero-order chi connectivity index (χ0) is 15.1. The van der Waals surface area contributed by atoms with Gasteiger partial charge in [-0.05, 0) is 18.6 Å². The van der Waals surface area contributed by atoms with E-state index in [2.05, 4.69) is 0 Å². The average Bonchev–Trinajstić information content (AvgIpc) is 2.39. The van der Waals surface area contributed by atoms with Crippen molar-refractivity contribution in [2.24, 2.45) is 0 Å². The third kappa shape index (κ3) is 5.05. The van der Waals surface area contributed by atoms with Crippen LogP contribution in [-0.4, -0.2) is 41.6 Å². The van der Waals surface area contributed by atoms with Gasteiger partial charge < -0.3 is 14.7 Å². The highest BCUT2D eigenvalue weighted by Crippen LogP contribution is 2.21. The summed E-state index contributed by atoms with van der Waals surface area (Å²) in [5, 5.41) is 8.61. The van der Waals surface area contributed by atoms with Gasteiger partial charge in [0.1, 0.15) is 18.1 Å². The molecule has 1 amide bonds. The Morgan fingerprint density at radius 3 is 2.70 bits per heavy atom. The highest BCUT2D eigenvalue weighted by molar-refractivity contribution is 6.30. The van der Waals surface area contributed by atoms with Crippen LogP contribution in [0.25, 0.3) is 0 Å². The highest BCUT2D eigenvalue weighted by atomic mass is 35.5. The summed E-state index contributed by atoms with van der Waals surface area (Å²) in [6.45, 7) is 1.47. The summed E-state index contributed by atoms with van der Waals surface area (Å²) in [7, 11) is 0. The number of benzene rings is 1. The number of hydrogen-bond donors (Lipinski definition) is 1. The predicted octanol–water partition coefficient (Wildman–Crippen LogP) is 2.18. The molecule has 0 atom stereocenters. The van der Waals surface area contributed by atoms with Crippen LogP contribution in [0.4, 0.5) is 4.39 Å². The molecule has 0 saturated heterocycles. The molecule has 0 aromatic heterocycles. The van der Waals surface area contributed by atoms with Crippen molar-refractivity contribution in [3.05, 3.63) is 29.0 Å². The Bertz CT molecular complexity index is 495. The third-order valence-corrected chi connectivity index (χ3v) is 2.72. The number of ether oxygens (including phenoxy) is 1. The van der Waals surface area contributed by atoms with Gasteiger partial charge in [-0.3, -0.25) is 9.59 Å². The average molecular weight is 304 g/mol. The van der Waals surface area contributed by atoms with Crippen LogP contribution in [0.2, 0.25) is 5.02 Å². The number of carbonyl (C=O) groups is 2. The minimum Gasteiger partial charge on any atom is -0.484 e. The van der Waals surface area contributed by atoms with Gasteiger partial charge in [0, 0.05) is 12.6 Å². The van der Waals surface area contributed by atoms with Crippen LogP contribution in [0, 0.1) is 5.82 Å². The number of nitrogens with zero attached hydrogens (tertiary/aromatic N) is 1. The molecule has 1 rings (SSSR count). The van der Waals surface area contributed by atoms with Crippen molar-refractivity contribution in [2.75, 3.05) is 19.7 Å². The van der Waals surface area contributed by atoms with Crippen molar-refractivity contribution in [3.63, 3.8) is 0 Å². The zero-order valence-electron chi connectivity index (χ0n) is 10.9. The predicted molar refractivity (Wildman–Crippen MR) is 71.4 cm³/mol. The van der Waals surface area contributed by atoms with Crippen LogP contribution >= 0.6 is 11.6 Å². The Balaban J connectivity index is 2.59. The summed E-state index contributed by atoms with van der Waals surface area (Å²) in [4.78, 5) is 23.7. The number of hydrogen-bond acceptors (Lipinski definition) is 3. The molecule has 1 aromatic carbocycles. The Hall–Kier alpha value is -1.82. The molecule has 0 unspecified atom stereocenters. The normalized spacial score (nSPS) is 10.2. The van der Waals surface area contributed by atoms with Gasteiger partial charge in [-0.15, -0.1) is 0 Å². The number of carbonyl (C=O) groups excluding carboxylic acids is 1. The van der Waals surface area contributed by atoms with E-state index < -0.39 is 17.7 Å². The lowest BCUT2D eigenvalue weighted by Gasteiger charge is -2.20. The van der Waals surface area contributed by atoms with E-state index in [1.807, 2.05) is 6.92 Å². The highest BCUT2D eigenvalue weighted by Gasteiger charge is 2.16. The molecule has 0 aliphatic carbocycles. The molecule has 20 heavy (non-hydrogen) atoms. The van der Waals surface area contributed by atoms with E-state index in [0.717, 1.165) is 6.07 Å². The fourth-order valence-electron chi connectivity index (χ4n) is 1.53. The zero-order valence-corrected chi connectivity index (χ0v) is 11.7.